The van der Waals surface area contributed by atoms with E-state index in [1.54, 1.807) is 24.0 Å². The Kier molecular flexibility index (Phi) is 2.32. The van der Waals surface area contributed by atoms with E-state index in [4.69, 9.17) is 5.73 Å². The number of nitrogens with two attached hydrogens (primary N) is 1. The van der Waals surface area contributed by atoms with Crippen molar-refractivity contribution < 1.29 is 4.79 Å². The molecule has 0 spiro atoms. The third-order valence-electron chi connectivity index (χ3n) is 2.99. The summed E-state index contributed by atoms with van der Waals surface area (Å²) in [4.78, 5) is 12.0. The van der Waals surface area contributed by atoms with E-state index in [1.165, 1.54) is 0 Å². The Hall–Kier alpha value is -2.31. The zero-order chi connectivity index (χ0) is 12.7. The fourth-order valence-corrected chi connectivity index (χ4v) is 1.88. The van der Waals surface area contributed by atoms with Crippen molar-refractivity contribution in [3.8, 4) is 0 Å². The number of hydrogen-bond donors (Lipinski definition) is 3. The first-order chi connectivity index (χ1) is 8.65. The predicted octanol–water partition coefficient (Wildman–Crippen LogP) is 0.855. The van der Waals surface area contributed by atoms with Gasteiger partial charge >= 0.3 is 0 Å². The van der Waals surface area contributed by atoms with Gasteiger partial charge in [0.2, 0.25) is 0 Å². The lowest BCUT2D eigenvalue weighted by Crippen LogP contribution is -2.14. The van der Waals surface area contributed by atoms with Crippen LogP contribution in [-0.2, 0) is 7.05 Å². The van der Waals surface area contributed by atoms with Crippen LogP contribution in [0.4, 0.5) is 11.5 Å². The first-order valence-corrected chi connectivity index (χ1v) is 5.80. The van der Waals surface area contributed by atoms with E-state index in [0.29, 0.717) is 17.4 Å². The van der Waals surface area contributed by atoms with Crippen LogP contribution in [0.2, 0.25) is 0 Å². The average Bonchev–Trinajstić information content (AvgIpc) is 2.98. The molecule has 0 saturated heterocycles. The summed E-state index contributed by atoms with van der Waals surface area (Å²) in [5, 5.41) is 13.6. The second-order valence-electron chi connectivity index (χ2n) is 4.50. The van der Waals surface area contributed by atoms with E-state index in [-0.39, 0.29) is 11.6 Å². The van der Waals surface area contributed by atoms with Crippen LogP contribution in [0, 0.1) is 0 Å². The second-order valence-corrected chi connectivity index (χ2v) is 4.50. The number of anilines is 2. The molecule has 94 valence electrons. The molecule has 2 aromatic heterocycles. The number of rotatable bonds is 3. The molecule has 1 fully saturated rings. The summed E-state index contributed by atoms with van der Waals surface area (Å²) >= 11 is 0. The Morgan fingerprint density at radius 1 is 1.61 bits per heavy atom. The molecule has 0 aliphatic heterocycles. The molecule has 3 rings (SSSR count). The quantitative estimate of drug-likeness (QED) is 0.747. The van der Waals surface area contributed by atoms with Gasteiger partial charge in [-0.2, -0.15) is 10.2 Å². The highest BCUT2D eigenvalue weighted by Gasteiger charge is 2.30. The average molecular weight is 246 g/mol. The fraction of sp³-hybridized carbons (Fsp3) is 0.364. The lowest BCUT2D eigenvalue weighted by Gasteiger charge is -2.00. The number of nitrogens with one attached hydrogen (secondary N) is 2. The zero-order valence-corrected chi connectivity index (χ0v) is 9.97. The molecular weight excluding hydrogens is 232 g/mol. The van der Waals surface area contributed by atoms with Gasteiger partial charge < -0.3 is 11.1 Å². The Balaban J connectivity index is 1.79. The molecule has 0 bridgehead atoms. The van der Waals surface area contributed by atoms with Gasteiger partial charge in [-0.1, -0.05) is 0 Å². The van der Waals surface area contributed by atoms with Gasteiger partial charge in [-0.15, -0.1) is 0 Å². The van der Waals surface area contributed by atoms with Crippen molar-refractivity contribution in [1.82, 2.24) is 20.0 Å². The number of hydrogen-bond acceptors (Lipinski definition) is 4. The molecular formula is C11H14N6O. The molecule has 0 unspecified atom stereocenters. The first kappa shape index (κ1) is 10.8. The number of nitrogens with zero attached hydrogens (tertiary/aromatic N) is 3. The maximum atomic E-state index is 12.0. The molecule has 1 aliphatic carbocycles. The predicted molar refractivity (Wildman–Crippen MR) is 66.1 cm³/mol. The highest BCUT2D eigenvalue weighted by Crippen LogP contribution is 2.42. The van der Waals surface area contributed by atoms with Crippen LogP contribution < -0.4 is 11.1 Å². The number of aryl methyl sites for hydroxylation is 1. The van der Waals surface area contributed by atoms with Gasteiger partial charge in [0.15, 0.2) is 11.5 Å². The molecule has 0 atom stereocenters. The SMILES string of the molecule is Cn1ccc(NC(=O)c2n[nH]c(C3CC3)c2N)n1. The molecule has 1 saturated carbocycles. The van der Waals surface area contributed by atoms with Crippen molar-refractivity contribution in [3.63, 3.8) is 0 Å². The molecule has 4 N–H and O–H groups in total. The summed E-state index contributed by atoms with van der Waals surface area (Å²) in [6.07, 6.45) is 3.96. The topological polar surface area (TPSA) is 102 Å². The number of carbonyl (C=O) groups is 1. The molecule has 1 aliphatic rings. The van der Waals surface area contributed by atoms with Crippen LogP contribution in [0.5, 0.6) is 0 Å². The molecule has 7 heteroatoms. The number of aromatic amines is 1. The smallest absolute Gasteiger partial charge is 0.279 e. The number of aromatic nitrogens is 4. The summed E-state index contributed by atoms with van der Waals surface area (Å²) in [5.41, 5.74) is 7.49. The van der Waals surface area contributed by atoms with Gasteiger partial charge in [0.25, 0.3) is 5.91 Å². The van der Waals surface area contributed by atoms with E-state index in [1.807, 2.05) is 0 Å². The first-order valence-electron chi connectivity index (χ1n) is 5.80. The van der Waals surface area contributed by atoms with Crippen LogP contribution in [0.15, 0.2) is 12.3 Å². The monoisotopic (exact) mass is 246 g/mol. The van der Waals surface area contributed by atoms with Gasteiger partial charge in [0.05, 0.1) is 11.4 Å². The largest absolute Gasteiger partial charge is 0.395 e. The Morgan fingerprint density at radius 2 is 2.39 bits per heavy atom. The van der Waals surface area contributed by atoms with Crippen LogP contribution >= 0.6 is 0 Å². The van der Waals surface area contributed by atoms with Crippen molar-refractivity contribution in [2.45, 2.75) is 18.8 Å². The maximum absolute atomic E-state index is 12.0. The molecule has 18 heavy (non-hydrogen) atoms. The highest BCUT2D eigenvalue weighted by molar-refractivity contribution is 6.06. The van der Waals surface area contributed by atoms with Crippen molar-refractivity contribution in [1.29, 1.82) is 0 Å². The second kappa shape index (κ2) is 3.86. The third kappa shape index (κ3) is 1.83. The lowest BCUT2D eigenvalue weighted by atomic mass is 10.2. The Labute approximate surface area is 103 Å². The van der Waals surface area contributed by atoms with E-state index >= 15 is 0 Å². The Bertz CT molecular complexity index is 594. The Morgan fingerprint density at radius 3 is 3.00 bits per heavy atom. The molecule has 0 radical (unpaired) electrons. The van der Waals surface area contributed by atoms with Gasteiger partial charge in [-0.05, 0) is 12.8 Å². The van der Waals surface area contributed by atoms with Gasteiger partial charge in [0.1, 0.15) is 0 Å². The molecule has 2 aromatic rings. The number of carbonyl (C=O) groups excluding carboxylic acids is 1. The minimum absolute atomic E-state index is 0.238. The van der Waals surface area contributed by atoms with E-state index in [9.17, 15) is 4.79 Å². The van der Waals surface area contributed by atoms with Gasteiger partial charge in [-0.3, -0.25) is 14.6 Å². The maximum Gasteiger partial charge on any atom is 0.279 e. The van der Waals surface area contributed by atoms with Crippen molar-refractivity contribution in [2.75, 3.05) is 11.1 Å². The van der Waals surface area contributed by atoms with Crippen LogP contribution in [0.25, 0.3) is 0 Å². The summed E-state index contributed by atoms with van der Waals surface area (Å²) in [7, 11) is 1.78. The minimum atomic E-state index is -0.339. The summed E-state index contributed by atoms with van der Waals surface area (Å²) in [5.74, 6) is 0.584. The molecule has 0 aromatic carbocycles. The van der Waals surface area contributed by atoms with Crippen molar-refractivity contribution in [2.24, 2.45) is 7.05 Å². The van der Waals surface area contributed by atoms with Gasteiger partial charge in [-0.25, -0.2) is 0 Å². The van der Waals surface area contributed by atoms with Crippen LogP contribution in [0.3, 0.4) is 0 Å². The van der Waals surface area contributed by atoms with Crippen molar-refractivity contribution in [3.05, 3.63) is 23.7 Å². The molecule has 1 amide bonds. The molecule has 7 nitrogen and oxygen atoms in total. The van der Waals surface area contributed by atoms with E-state index in [2.05, 4.69) is 20.6 Å². The standard InChI is InChI=1S/C11H14N6O/c1-17-5-4-7(16-17)13-11(18)10-8(12)9(14-15-10)6-2-3-6/h4-6H,2-3,12H2,1H3,(H,14,15)(H,13,16,18). The number of amides is 1. The summed E-state index contributed by atoms with van der Waals surface area (Å²) < 4.78 is 1.61. The summed E-state index contributed by atoms with van der Waals surface area (Å²) in [6, 6.07) is 1.71. The van der Waals surface area contributed by atoms with Crippen LogP contribution in [0.1, 0.15) is 34.9 Å². The van der Waals surface area contributed by atoms with Gasteiger partial charge in [0, 0.05) is 25.2 Å². The van der Waals surface area contributed by atoms with E-state index < -0.39 is 0 Å². The highest BCUT2D eigenvalue weighted by atomic mass is 16.2. The van der Waals surface area contributed by atoms with E-state index in [0.717, 1.165) is 18.5 Å². The van der Waals surface area contributed by atoms with Crippen LogP contribution in [-0.4, -0.2) is 25.9 Å². The third-order valence-corrected chi connectivity index (χ3v) is 2.99. The number of nitrogen functional groups attached to an aromatic ring is 1. The lowest BCUT2D eigenvalue weighted by molar-refractivity contribution is 0.102. The molecule has 2 heterocycles. The summed E-state index contributed by atoms with van der Waals surface area (Å²) in [6.45, 7) is 0. The minimum Gasteiger partial charge on any atom is -0.395 e. The fourth-order valence-electron chi connectivity index (χ4n) is 1.88. The number of H-pyrrole nitrogens is 1. The zero-order valence-electron chi connectivity index (χ0n) is 9.97. The normalized spacial score (nSPS) is 14.7. The van der Waals surface area contributed by atoms with Crippen molar-refractivity contribution >= 4 is 17.4 Å².